The van der Waals surface area contributed by atoms with Gasteiger partial charge in [0.05, 0.1) is 12.1 Å². The van der Waals surface area contributed by atoms with Crippen LogP contribution < -0.4 is 10.5 Å². The second-order valence-corrected chi connectivity index (χ2v) is 6.45. The summed E-state index contributed by atoms with van der Waals surface area (Å²) in [4.78, 5) is 27.9. The van der Waals surface area contributed by atoms with Gasteiger partial charge in [-0.25, -0.2) is 0 Å². The molecule has 1 heterocycles. The van der Waals surface area contributed by atoms with E-state index in [4.69, 9.17) is 10.5 Å². The zero-order chi connectivity index (χ0) is 17.7. The SMILES string of the molecule is CC(C)Oc1ccc(C(=O)N2CCCN(C(C)C(N)=O)CC2)cc1. The molecule has 1 aromatic carbocycles. The number of rotatable bonds is 5. The summed E-state index contributed by atoms with van der Waals surface area (Å²) in [6.45, 7) is 8.46. The summed E-state index contributed by atoms with van der Waals surface area (Å²) in [6, 6.07) is 6.95. The Balaban J connectivity index is 1.98. The number of benzene rings is 1. The van der Waals surface area contributed by atoms with Gasteiger partial charge in [0.15, 0.2) is 0 Å². The van der Waals surface area contributed by atoms with Crippen molar-refractivity contribution in [2.75, 3.05) is 26.2 Å². The van der Waals surface area contributed by atoms with Crippen LogP contribution in [-0.4, -0.2) is 59.9 Å². The van der Waals surface area contributed by atoms with Gasteiger partial charge < -0.3 is 15.4 Å². The van der Waals surface area contributed by atoms with Crippen LogP contribution in [0, 0.1) is 0 Å². The van der Waals surface area contributed by atoms with Crippen molar-refractivity contribution in [2.45, 2.75) is 39.3 Å². The number of nitrogens with two attached hydrogens (primary N) is 1. The average molecular weight is 333 g/mol. The number of primary amides is 1. The normalized spacial score (nSPS) is 17.4. The van der Waals surface area contributed by atoms with Crippen molar-refractivity contribution >= 4 is 11.8 Å². The Kier molecular flexibility index (Phi) is 6.20. The number of hydrogen-bond acceptors (Lipinski definition) is 4. The largest absolute Gasteiger partial charge is 0.491 e. The molecular weight excluding hydrogens is 306 g/mol. The van der Waals surface area contributed by atoms with Crippen molar-refractivity contribution in [3.8, 4) is 5.75 Å². The van der Waals surface area contributed by atoms with Gasteiger partial charge in [0.2, 0.25) is 5.91 Å². The van der Waals surface area contributed by atoms with Crippen LogP contribution in [0.15, 0.2) is 24.3 Å². The van der Waals surface area contributed by atoms with Crippen LogP contribution in [-0.2, 0) is 4.79 Å². The van der Waals surface area contributed by atoms with Crippen molar-refractivity contribution in [1.29, 1.82) is 0 Å². The molecule has 2 rings (SSSR count). The van der Waals surface area contributed by atoms with Gasteiger partial charge >= 0.3 is 0 Å². The summed E-state index contributed by atoms with van der Waals surface area (Å²) < 4.78 is 5.60. The van der Waals surface area contributed by atoms with Gasteiger partial charge in [-0.15, -0.1) is 0 Å². The molecule has 1 atom stereocenters. The van der Waals surface area contributed by atoms with Crippen LogP contribution in [0.3, 0.4) is 0 Å². The van der Waals surface area contributed by atoms with E-state index >= 15 is 0 Å². The fourth-order valence-corrected chi connectivity index (χ4v) is 2.84. The highest BCUT2D eigenvalue weighted by Crippen LogP contribution is 2.16. The molecule has 0 bridgehead atoms. The Morgan fingerprint density at radius 1 is 1.04 bits per heavy atom. The third kappa shape index (κ3) is 4.71. The Bertz CT molecular complexity index is 571. The van der Waals surface area contributed by atoms with Crippen molar-refractivity contribution < 1.29 is 14.3 Å². The molecule has 2 N–H and O–H groups in total. The van der Waals surface area contributed by atoms with Gasteiger partial charge in [0.25, 0.3) is 5.91 Å². The number of carbonyl (C=O) groups is 2. The van der Waals surface area contributed by atoms with Gasteiger partial charge in [-0.1, -0.05) is 0 Å². The number of amides is 2. The average Bonchev–Trinajstić information content (AvgIpc) is 2.79. The molecular formula is C18H27N3O3. The van der Waals surface area contributed by atoms with Gasteiger partial charge in [0, 0.05) is 31.7 Å². The molecule has 1 aromatic rings. The molecule has 1 saturated heterocycles. The molecule has 24 heavy (non-hydrogen) atoms. The quantitative estimate of drug-likeness (QED) is 0.886. The van der Waals surface area contributed by atoms with Crippen molar-refractivity contribution in [1.82, 2.24) is 9.80 Å². The summed E-state index contributed by atoms with van der Waals surface area (Å²) >= 11 is 0. The van der Waals surface area contributed by atoms with Crippen LogP contribution in [0.1, 0.15) is 37.6 Å². The third-order valence-corrected chi connectivity index (χ3v) is 4.25. The Hall–Kier alpha value is -2.08. The summed E-state index contributed by atoms with van der Waals surface area (Å²) in [5, 5.41) is 0. The van der Waals surface area contributed by atoms with Crippen LogP contribution >= 0.6 is 0 Å². The maximum absolute atomic E-state index is 12.7. The second-order valence-electron chi connectivity index (χ2n) is 6.45. The summed E-state index contributed by atoms with van der Waals surface area (Å²) in [5.74, 6) is 0.453. The molecule has 0 aromatic heterocycles. The molecule has 6 heteroatoms. The second kappa shape index (κ2) is 8.15. The van der Waals surface area contributed by atoms with E-state index in [1.165, 1.54) is 0 Å². The molecule has 0 radical (unpaired) electrons. The molecule has 0 saturated carbocycles. The maximum Gasteiger partial charge on any atom is 0.253 e. The highest BCUT2D eigenvalue weighted by Gasteiger charge is 2.24. The zero-order valence-corrected chi connectivity index (χ0v) is 14.7. The lowest BCUT2D eigenvalue weighted by Gasteiger charge is -2.25. The molecule has 1 aliphatic rings. The molecule has 6 nitrogen and oxygen atoms in total. The van der Waals surface area contributed by atoms with Crippen molar-refractivity contribution in [2.24, 2.45) is 5.73 Å². The monoisotopic (exact) mass is 333 g/mol. The van der Waals surface area contributed by atoms with E-state index in [2.05, 4.69) is 0 Å². The van der Waals surface area contributed by atoms with Crippen LogP contribution in [0.2, 0.25) is 0 Å². The summed E-state index contributed by atoms with van der Waals surface area (Å²) in [5.41, 5.74) is 6.03. The van der Waals surface area contributed by atoms with E-state index in [1.807, 2.05) is 42.7 Å². The summed E-state index contributed by atoms with van der Waals surface area (Å²) in [7, 11) is 0. The zero-order valence-electron chi connectivity index (χ0n) is 14.7. The lowest BCUT2D eigenvalue weighted by atomic mass is 10.2. The van der Waals surface area contributed by atoms with Gasteiger partial charge in [-0.05, 0) is 51.5 Å². The van der Waals surface area contributed by atoms with E-state index in [-0.39, 0.29) is 24.0 Å². The number of nitrogens with zero attached hydrogens (tertiary/aromatic N) is 2. The highest BCUT2D eigenvalue weighted by atomic mass is 16.5. The van der Waals surface area contributed by atoms with Crippen LogP contribution in [0.25, 0.3) is 0 Å². The highest BCUT2D eigenvalue weighted by molar-refractivity contribution is 5.94. The predicted molar refractivity (Wildman–Crippen MR) is 93.0 cm³/mol. The molecule has 2 amide bonds. The van der Waals surface area contributed by atoms with Crippen LogP contribution in [0.4, 0.5) is 0 Å². The fourth-order valence-electron chi connectivity index (χ4n) is 2.84. The number of ether oxygens (including phenoxy) is 1. The smallest absolute Gasteiger partial charge is 0.253 e. The first-order chi connectivity index (χ1) is 11.4. The lowest BCUT2D eigenvalue weighted by molar-refractivity contribution is -0.122. The van der Waals surface area contributed by atoms with Gasteiger partial charge in [-0.2, -0.15) is 0 Å². The van der Waals surface area contributed by atoms with E-state index in [0.717, 1.165) is 18.7 Å². The standard InChI is InChI=1S/C18H27N3O3/c1-13(2)24-16-7-5-15(6-8-16)18(23)21-10-4-9-20(11-12-21)14(3)17(19)22/h5-8,13-14H,4,9-12H2,1-3H3,(H2,19,22). The van der Waals surface area contributed by atoms with Crippen molar-refractivity contribution in [3.63, 3.8) is 0 Å². The topological polar surface area (TPSA) is 75.9 Å². The minimum Gasteiger partial charge on any atom is -0.491 e. The first-order valence-corrected chi connectivity index (χ1v) is 8.48. The minimum atomic E-state index is -0.324. The molecule has 132 valence electrons. The molecule has 1 unspecified atom stereocenters. The van der Waals surface area contributed by atoms with Crippen molar-refractivity contribution in [3.05, 3.63) is 29.8 Å². The van der Waals surface area contributed by atoms with Crippen LogP contribution in [0.5, 0.6) is 5.75 Å². The number of hydrogen-bond donors (Lipinski definition) is 1. The van der Waals surface area contributed by atoms with E-state index in [0.29, 0.717) is 25.2 Å². The Morgan fingerprint density at radius 2 is 1.71 bits per heavy atom. The molecule has 1 aliphatic heterocycles. The Labute approximate surface area is 143 Å². The van der Waals surface area contributed by atoms with Gasteiger partial charge in [0.1, 0.15) is 5.75 Å². The first-order valence-electron chi connectivity index (χ1n) is 8.48. The van der Waals surface area contributed by atoms with E-state index < -0.39 is 0 Å². The first kappa shape index (κ1) is 18.3. The number of carbonyl (C=O) groups excluding carboxylic acids is 2. The predicted octanol–water partition coefficient (Wildman–Crippen LogP) is 1.50. The minimum absolute atomic E-state index is 0.0136. The van der Waals surface area contributed by atoms with E-state index in [1.54, 1.807) is 12.1 Å². The molecule has 1 fully saturated rings. The lowest BCUT2D eigenvalue weighted by Crippen LogP contribution is -2.44. The molecule has 0 spiro atoms. The maximum atomic E-state index is 12.7. The van der Waals surface area contributed by atoms with E-state index in [9.17, 15) is 9.59 Å². The third-order valence-electron chi connectivity index (χ3n) is 4.25. The summed E-state index contributed by atoms with van der Waals surface area (Å²) in [6.07, 6.45) is 0.938. The fraction of sp³-hybridized carbons (Fsp3) is 0.556. The Morgan fingerprint density at radius 3 is 2.29 bits per heavy atom. The van der Waals surface area contributed by atoms with Gasteiger partial charge in [-0.3, -0.25) is 14.5 Å². The molecule has 0 aliphatic carbocycles.